The molecule has 27 heavy (non-hydrogen) atoms. The van der Waals surface area contributed by atoms with Gasteiger partial charge in [-0.1, -0.05) is 48.0 Å². The molecule has 2 rings (SSSR count). The summed E-state index contributed by atoms with van der Waals surface area (Å²) in [5, 5.41) is 9.65. The topological polar surface area (TPSA) is 104 Å². The van der Waals surface area contributed by atoms with E-state index in [9.17, 15) is 23.1 Å². The predicted molar refractivity (Wildman–Crippen MR) is 101 cm³/mol. The highest BCUT2D eigenvalue weighted by molar-refractivity contribution is 7.90. The number of carbonyl (C=O) groups is 2. The van der Waals surface area contributed by atoms with Crippen molar-refractivity contribution in [2.75, 3.05) is 0 Å². The van der Waals surface area contributed by atoms with Crippen LogP contribution in [0, 0.1) is 6.92 Å². The lowest BCUT2D eigenvalue weighted by molar-refractivity contribution is -0.141. The second kappa shape index (κ2) is 8.41. The van der Waals surface area contributed by atoms with Crippen LogP contribution < -0.4 is 4.72 Å². The third-order valence-electron chi connectivity index (χ3n) is 3.99. The predicted octanol–water partition coefficient (Wildman–Crippen LogP) is 3.02. The molecule has 2 N–H and O–H groups in total. The lowest BCUT2D eigenvalue weighted by Gasteiger charge is -2.27. The van der Waals surface area contributed by atoms with Crippen molar-refractivity contribution in [1.29, 1.82) is 0 Å². The highest BCUT2D eigenvalue weighted by atomic mass is 35.5. The molecular formula is C18H19ClN2O5S. The Morgan fingerprint density at radius 1 is 1.15 bits per heavy atom. The van der Waals surface area contributed by atoms with Gasteiger partial charge in [0.05, 0.1) is 4.90 Å². The first-order valence-corrected chi connectivity index (χ1v) is 9.85. The summed E-state index contributed by atoms with van der Waals surface area (Å²) in [6.07, 6.45) is 0. The molecular weight excluding hydrogens is 392 g/mol. The molecule has 0 fully saturated rings. The van der Waals surface area contributed by atoms with E-state index in [4.69, 9.17) is 11.6 Å². The summed E-state index contributed by atoms with van der Waals surface area (Å²) in [5.74, 6) is -1.27. The van der Waals surface area contributed by atoms with Crippen LogP contribution in [-0.4, -0.2) is 36.5 Å². The zero-order valence-corrected chi connectivity index (χ0v) is 16.3. The Morgan fingerprint density at radius 2 is 1.74 bits per heavy atom. The molecule has 1 atom stereocenters. The van der Waals surface area contributed by atoms with E-state index < -0.39 is 28.1 Å². The Morgan fingerprint density at radius 3 is 2.33 bits per heavy atom. The molecule has 2 amide bonds. The van der Waals surface area contributed by atoms with E-state index in [1.54, 1.807) is 43.3 Å². The highest BCUT2D eigenvalue weighted by Gasteiger charge is 2.30. The largest absolute Gasteiger partial charge is 0.480 e. The smallest absolute Gasteiger partial charge is 0.332 e. The maximum absolute atomic E-state index is 12.6. The number of amides is 2. The number of carbonyl (C=O) groups excluding carboxylic acids is 1. The van der Waals surface area contributed by atoms with Gasteiger partial charge in [-0.2, -0.15) is 0 Å². The number of carboxylic acids is 1. The number of halogens is 1. The van der Waals surface area contributed by atoms with E-state index in [1.165, 1.54) is 19.1 Å². The standard InChI is InChI=1S/C18H19ClN2O5S/c1-12-7-3-6-10-16(12)27(25,26)20-18(24)21(13(2)17(22)23)11-14-8-4-5-9-15(14)19/h3-10,13H,11H2,1-2H3,(H,20,24)(H,22,23). The Bertz CT molecular complexity index is 962. The molecule has 0 aromatic heterocycles. The van der Waals surface area contributed by atoms with Crippen molar-refractivity contribution in [1.82, 2.24) is 9.62 Å². The maximum Gasteiger partial charge on any atom is 0.332 e. The molecule has 0 heterocycles. The van der Waals surface area contributed by atoms with Gasteiger partial charge in [0.25, 0.3) is 10.0 Å². The minimum atomic E-state index is -4.16. The van der Waals surface area contributed by atoms with Gasteiger partial charge in [0, 0.05) is 11.6 Å². The van der Waals surface area contributed by atoms with Crippen LogP contribution in [0.25, 0.3) is 0 Å². The van der Waals surface area contributed by atoms with Crippen LogP contribution in [0.15, 0.2) is 53.4 Å². The van der Waals surface area contributed by atoms with Gasteiger partial charge in [-0.3, -0.25) is 0 Å². The average Bonchev–Trinajstić information content (AvgIpc) is 2.60. The van der Waals surface area contributed by atoms with Crippen molar-refractivity contribution in [2.24, 2.45) is 0 Å². The number of aryl methyl sites for hydroxylation is 1. The van der Waals surface area contributed by atoms with Crippen LogP contribution in [0.3, 0.4) is 0 Å². The van der Waals surface area contributed by atoms with Crippen molar-refractivity contribution >= 4 is 33.6 Å². The molecule has 144 valence electrons. The number of nitrogens with zero attached hydrogens (tertiary/aromatic N) is 1. The van der Waals surface area contributed by atoms with Gasteiger partial charge in [-0.15, -0.1) is 0 Å². The first-order valence-electron chi connectivity index (χ1n) is 7.98. The third kappa shape index (κ3) is 4.99. The van der Waals surface area contributed by atoms with Crippen molar-refractivity contribution in [3.63, 3.8) is 0 Å². The molecule has 0 aliphatic heterocycles. The van der Waals surface area contributed by atoms with Gasteiger partial charge in [0.1, 0.15) is 6.04 Å². The fourth-order valence-corrected chi connectivity index (χ4v) is 3.82. The van der Waals surface area contributed by atoms with Gasteiger partial charge < -0.3 is 10.0 Å². The summed E-state index contributed by atoms with van der Waals surface area (Å²) < 4.78 is 27.0. The Balaban J connectivity index is 2.33. The summed E-state index contributed by atoms with van der Waals surface area (Å²) in [4.78, 5) is 24.9. The van der Waals surface area contributed by atoms with E-state index in [0.29, 0.717) is 16.1 Å². The quantitative estimate of drug-likeness (QED) is 0.761. The molecule has 2 aromatic carbocycles. The van der Waals surface area contributed by atoms with Crippen LogP contribution >= 0.6 is 11.6 Å². The molecule has 9 heteroatoms. The minimum Gasteiger partial charge on any atom is -0.480 e. The molecule has 0 saturated heterocycles. The average molecular weight is 411 g/mol. The molecule has 0 radical (unpaired) electrons. The van der Waals surface area contributed by atoms with Crippen molar-refractivity contribution < 1.29 is 23.1 Å². The number of urea groups is 1. The van der Waals surface area contributed by atoms with Crippen LogP contribution in [0.1, 0.15) is 18.1 Å². The number of aliphatic carboxylic acids is 1. The number of hydrogen-bond acceptors (Lipinski definition) is 4. The summed E-state index contributed by atoms with van der Waals surface area (Å²) in [6, 6.07) is 10.5. The number of rotatable bonds is 6. The van der Waals surface area contributed by atoms with E-state index in [1.807, 2.05) is 4.72 Å². The van der Waals surface area contributed by atoms with Crippen molar-refractivity contribution in [3.8, 4) is 0 Å². The molecule has 0 saturated carbocycles. The lowest BCUT2D eigenvalue weighted by atomic mass is 10.2. The molecule has 1 unspecified atom stereocenters. The third-order valence-corrected chi connectivity index (χ3v) is 5.84. The van der Waals surface area contributed by atoms with Gasteiger partial charge in [0.2, 0.25) is 0 Å². The first kappa shape index (κ1) is 20.7. The van der Waals surface area contributed by atoms with Crippen molar-refractivity contribution in [2.45, 2.75) is 31.3 Å². The second-order valence-corrected chi connectivity index (χ2v) is 7.97. The summed E-state index contributed by atoms with van der Waals surface area (Å²) in [5.41, 5.74) is 0.956. The number of hydrogen-bond donors (Lipinski definition) is 2. The first-order chi connectivity index (χ1) is 12.6. The summed E-state index contributed by atoms with van der Waals surface area (Å²) in [7, 11) is -4.16. The Kier molecular flexibility index (Phi) is 6.45. The summed E-state index contributed by atoms with van der Waals surface area (Å²) in [6.45, 7) is 2.72. The molecule has 0 aliphatic rings. The lowest BCUT2D eigenvalue weighted by Crippen LogP contribution is -2.49. The SMILES string of the molecule is Cc1ccccc1S(=O)(=O)NC(=O)N(Cc1ccccc1Cl)C(C)C(=O)O. The van der Waals surface area contributed by atoms with Crippen LogP contribution in [0.4, 0.5) is 4.79 Å². The normalized spacial score (nSPS) is 12.3. The van der Waals surface area contributed by atoms with E-state index >= 15 is 0 Å². The number of nitrogens with one attached hydrogen (secondary N) is 1. The fraction of sp³-hybridized carbons (Fsp3) is 0.222. The summed E-state index contributed by atoms with van der Waals surface area (Å²) >= 11 is 6.08. The van der Waals surface area contributed by atoms with Crippen LogP contribution in [0.5, 0.6) is 0 Å². The fourth-order valence-electron chi connectivity index (χ4n) is 2.41. The highest BCUT2D eigenvalue weighted by Crippen LogP contribution is 2.20. The Hall–Kier alpha value is -2.58. The van der Waals surface area contributed by atoms with Crippen LogP contribution in [0.2, 0.25) is 5.02 Å². The van der Waals surface area contributed by atoms with Crippen molar-refractivity contribution in [3.05, 3.63) is 64.7 Å². The maximum atomic E-state index is 12.6. The number of carboxylic acid groups (broad SMARTS) is 1. The van der Waals surface area contributed by atoms with Gasteiger partial charge >= 0.3 is 12.0 Å². The van der Waals surface area contributed by atoms with E-state index in [2.05, 4.69) is 0 Å². The zero-order chi connectivity index (χ0) is 20.2. The molecule has 7 nitrogen and oxygen atoms in total. The number of sulfonamides is 1. The molecule has 0 aliphatic carbocycles. The molecule has 0 spiro atoms. The Labute approximate surface area is 162 Å². The van der Waals surface area contributed by atoms with Crippen LogP contribution in [-0.2, 0) is 21.4 Å². The van der Waals surface area contributed by atoms with E-state index in [0.717, 1.165) is 4.90 Å². The molecule has 2 aromatic rings. The van der Waals surface area contributed by atoms with Gasteiger partial charge in [-0.05, 0) is 37.1 Å². The minimum absolute atomic E-state index is 0.0565. The molecule has 0 bridgehead atoms. The number of benzene rings is 2. The van der Waals surface area contributed by atoms with Gasteiger partial charge in [0.15, 0.2) is 0 Å². The van der Waals surface area contributed by atoms with E-state index in [-0.39, 0.29) is 11.4 Å². The zero-order valence-electron chi connectivity index (χ0n) is 14.7. The van der Waals surface area contributed by atoms with Gasteiger partial charge in [-0.25, -0.2) is 22.7 Å². The second-order valence-electron chi connectivity index (χ2n) is 5.91. The monoisotopic (exact) mass is 410 g/mol.